The fourth-order valence-corrected chi connectivity index (χ4v) is 2.05. The third-order valence-corrected chi connectivity index (χ3v) is 3.24. The van der Waals surface area contributed by atoms with Crippen LogP contribution in [0.25, 0.3) is 0 Å². The molecular weight excluding hydrogens is 292 g/mol. The van der Waals surface area contributed by atoms with Crippen LogP contribution in [-0.2, 0) is 4.74 Å². The predicted molar refractivity (Wildman–Crippen MR) is 73.9 cm³/mol. The Labute approximate surface area is 127 Å². The van der Waals surface area contributed by atoms with E-state index in [2.05, 4.69) is 9.79 Å². The lowest BCUT2D eigenvalue weighted by molar-refractivity contribution is -0.806. The lowest BCUT2D eigenvalue weighted by atomic mass is 10.2. The summed E-state index contributed by atoms with van der Waals surface area (Å²) in [7, 11) is 0. The highest BCUT2D eigenvalue weighted by Gasteiger charge is 2.32. The molecule has 1 saturated heterocycles. The first-order chi connectivity index (χ1) is 10.2. The zero-order valence-electron chi connectivity index (χ0n) is 13.2. The number of amides is 2. The molecule has 0 aromatic carbocycles. The first kappa shape index (κ1) is 16.1. The molecule has 1 fully saturated rings. The Hall–Kier alpha value is -2.32. The van der Waals surface area contributed by atoms with E-state index in [4.69, 9.17) is 4.74 Å². The molecule has 2 amide bonds. The lowest BCUT2D eigenvalue weighted by Gasteiger charge is -2.34. The molecule has 0 saturated carbocycles. The van der Waals surface area contributed by atoms with Gasteiger partial charge in [-0.3, -0.25) is 9.42 Å². The number of carbonyl (C=O) groups is 2. The molecule has 0 bridgehead atoms. The van der Waals surface area contributed by atoms with Crippen LogP contribution in [0.2, 0.25) is 0 Å². The van der Waals surface area contributed by atoms with Crippen molar-refractivity contribution >= 4 is 12.0 Å². The summed E-state index contributed by atoms with van der Waals surface area (Å²) in [5.41, 5.74) is -0.427. The zero-order chi connectivity index (χ0) is 16.5. The average molecular weight is 312 g/mol. The van der Waals surface area contributed by atoms with E-state index < -0.39 is 11.7 Å². The molecule has 2 rings (SSSR count). The van der Waals surface area contributed by atoms with E-state index in [-0.39, 0.29) is 22.2 Å². The van der Waals surface area contributed by atoms with Gasteiger partial charge in [-0.05, 0) is 25.7 Å². The Kier molecular flexibility index (Phi) is 4.25. The highest BCUT2D eigenvalue weighted by Crippen LogP contribution is 2.13. The Morgan fingerprint density at radius 2 is 1.77 bits per heavy atom. The molecule has 122 valence electrons. The number of carbonyl (C=O) groups excluding carboxylic acids is 2. The zero-order valence-corrected chi connectivity index (χ0v) is 13.2. The molecule has 0 radical (unpaired) electrons. The standard InChI is InChI=1S/C13H20N4O5/c1-9-10(14-22-17(9)20)11(18)15-5-7-16(8-6-15)12(19)21-13(2,3)4/h5-8H2,1-4H3. The van der Waals surface area contributed by atoms with Gasteiger partial charge in [-0.1, -0.05) is 0 Å². The maximum absolute atomic E-state index is 12.3. The smallest absolute Gasteiger partial charge is 0.410 e. The summed E-state index contributed by atoms with van der Waals surface area (Å²) < 4.78 is 9.69. The van der Waals surface area contributed by atoms with Gasteiger partial charge in [0.15, 0.2) is 0 Å². The Morgan fingerprint density at radius 1 is 1.23 bits per heavy atom. The van der Waals surface area contributed by atoms with Crippen molar-refractivity contribution in [2.24, 2.45) is 0 Å². The Balaban J connectivity index is 1.93. The van der Waals surface area contributed by atoms with Crippen LogP contribution in [-0.4, -0.2) is 58.7 Å². The van der Waals surface area contributed by atoms with Crippen molar-refractivity contribution in [3.8, 4) is 0 Å². The van der Waals surface area contributed by atoms with Crippen molar-refractivity contribution in [3.63, 3.8) is 0 Å². The summed E-state index contributed by atoms with van der Waals surface area (Å²) >= 11 is 0. The number of rotatable bonds is 1. The first-order valence-electron chi connectivity index (χ1n) is 7.02. The van der Waals surface area contributed by atoms with E-state index in [0.717, 1.165) is 0 Å². The van der Waals surface area contributed by atoms with Crippen LogP contribution in [0.1, 0.15) is 37.0 Å². The molecule has 1 aliphatic rings. The van der Waals surface area contributed by atoms with Crippen molar-refractivity contribution in [2.45, 2.75) is 33.3 Å². The number of piperazine rings is 1. The number of hydrogen-bond donors (Lipinski definition) is 0. The minimum absolute atomic E-state index is 0.000665. The van der Waals surface area contributed by atoms with E-state index in [1.807, 2.05) is 0 Å². The maximum atomic E-state index is 12.3. The first-order valence-corrected chi connectivity index (χ1v) is 7.02. The fourth-order valence-electron chi connectivity index (χ4n) is 2.05. The summed E-state index contributed by atoms with van der Waals surface area (Å²) in [6.45, 7) is 8.31. The van der Waals surface area contributed by atoms with E-state index in [1.165, 1.54) is 11.8 Å². The van der Waals surface area contributed by atoms with Gasteiger partial charge in [-0.25, -0.2) is 4.79 Å². The van der Waals surface area contributed by atoms with Crippen LogP contribution in [0.4, 0.5) is 4.79 Å². The molecular formula is C13H20N4O5. The summed E-state index contributed by atoms with van der Waals surface area (Å²) in [6, 6.07) is 0. The van der Waals surface area contributed by atoms with Crippen LogP contribution < -0.4 is 4.90 Å². The van der Waals surface area contributed by atoms with E-state index in [9.17, 15) is 14.8 Å². The lowest BCUT2D eigenvalue weighted by Crippen LogP contribution is -2.51. The number of nitrogens with zero attached hydrogens (tertiary/aromatic N) is 4. The van der Waals surface area contributed by atoms with Gasteiger partial charge in [0.2, 0.25) is 5.69 Å². The minimum atomic E-state index is -0.552. The van der Waals surface area contributed by atoms with E-state index in [0.29, 0.717) is 26.2 Å². The van der Waals surface area contributed by atoms with Crippen molar-refractivity contribution < 1.29 is 23.9 Å². The Morgan fingerprint density at radius 3 is 2.23 bits per heavy atom. The van der Waals surface area contributed by atoms with E-state index in [1.54, 1.807) is 25.7 Å². The van der Waals surface area contributed by atoms with Gasteiger partial charge in [0, 0.05) is 33.1 Å². The van der Waals surface area contributed by atoms with Gasteiger partial charge >= 0.3 is 17.7 Å². The van der Waals surface area contributed by atoms with Crippen molar-refractivity contribution in [1.29, 1.82) is 0 Å². The topological polar surface area (TPSA) is 103 Å². The molecule has 0 unspecified atom stereocenters. The fraction of sp³-hybridized carbons (Fsp3) is 0.692. The molecule has 1 aromatic rings. The molecule has 0 atom stereocenters. The Bertz CT molecular complexity index is 569. The molecule has 9 heteroatoms. The van der Waals surface area contributed by atoms with Crippen LogP contribution in [0.15, 0.2) is 4.63 Å². The molecule has 2 heterocycles. The van der Waals surface area contributed by atoms with Gasteiger partial charge in [0.05, 0.1) is 5.16 Å². The molecule has 9 nitrogen and oxygen atoms in total. The third kappa shape index (κ3) is 3.46. The van der Waals surface area contributed by atoms with Crippen LogP contribution in [0, 0.1) is 12.1 Å². The molecule has 0 aliphatic carbocycles. The second-order valence-electron chi connectivity index (χ2n) is 6.12. The van der Waals surface area contributed by atoms with Gasteiger partial charge < -0.3 is 19.7 Å². The molecule has 0 N–H and O–H groups in total. The number of aromatic nitrogens is 2. The molecule has 1 aliphatic heterocycles. The van der Waals surface area contributed by atoms with Gasteiger partial charge in [-0.2, -0.15) is 0 Å². The monoisotopic (exact) mass is 312 g/mol. The average Bonchev–Trinajstić information content (AvgIpc) is 2.76. The third-order valence-electron chi connectivity index (χ3n) is 3.24. The second kappa shape index (κ2) is 5.82. The van der Waals surface area contributed by atoms with Crippen LogP contribution >= 0.6 is 0 Å². The van der Waals surface area contributed by atoms with E-state index >= 15 is 0 Å². The SMILES string of the molecule is Cc1c(C(=O)N2CCN(C(=O)OC(C)(C)C)CC2)no[n+]1[O-]. The highest BCUT2D eigenvalue weighted by molar-refractivity contribution is 5.93. The van der Waals surface area contributed by atoms with Crippen molar-refractivity contribution in [2.75, 3.05) is 26.2 Å². The second-order valence-corrected chi connectivity index (χ2v) is 6.12. The summed E-state index contributed by atoms with van der Waals surface area (Å²) in [6.07, 6.45) is -0.394. The molecule has 22 heavy (non-hydrogen) atoms. The maximum Gasteiger partial charge on any atom is 0.410 e. The van der Waals surface area contributed by atoms with Crippen LogP contribution in [0.5, 0.6) is 0 Å². The minimum Gasteiger partial charge on any atom is -0.444 e. The van der Waals surface area contributed by atoms with Gasteiger partial charge in [-0.15, -0.1) is 0 Å². The highest BCUT2D eigenvalue weighted by atomic mass is 16.8. The van der Waals surface area contributed by atoms with Crippen molar-refractivity contribution in [1.82, 2.24) is 15.0 Å². The normalized spacial score (nSPS) is 15.8. The molecule has 1 aromatic heterocycles. The number of hydrogen-bond acceptors (Lipinski definition) is 6. The number of ether oxygens (including phenoxy) is 1. The summed E-state index contributed by atoms with van der Waals surface area (Å²) in [4.78, 5) is 27.5. The van der Waals surface area contributed by atoms with Crippen molar-refractivity contribution in [3.05, 3.63) is 16.6 Å². The summed E-state index contributed by atoms with van der Waals surface area (Å²) in [5.74, 6) is -0.375. The van der Waals surface area contributed by atoms with Crippen LogP contribution in [0.3, 0.4) is 0 Å². The van der Waals surface area contributed by atoms with Gasteiger partial charge in [0.25, 0.3) is 0 Å². The predicted octanol–water partition coefficient (Wildman–Crippen LogP) is 0.309. The molecule has 0 spiro atoms. The van der Waals surface area contributed by atoms with Gasteiger partial charge in [0.1, 0.15) is 5.60 Å². The quantitative estimate of drug-likeness (QED) is 0.691. The summed E-state index contributed by atoms with van der Waals surface area (Å²) in [5, 5.41) is 14.6. The largest absolute Gasteiger partial charge is 0.444 e.